The summed E-state index contributed by atoms with van der Waals surface area (Å²) < 4.78 is 13.9. The van der Waals surface area contributed by atoms with Crippen LogP contribution in [0.15, 0.2) is 59.1 Å². The average Bonchev–Trinajstić information content (AvgIpc) is 2.68. The van der Waals surface area contributed by atoms with Gasteiger partial charge >= 0.3 is 0 Å². The van der Waals surface area contributed by atoms with Gasteiger partial charge in [0.05, 0.1) is 6.54 Å². The normalized spacial score (nSPS) is 15.0. The van der Waals surface area contributed by atoms with Crippen molar-refractivity contribution in [1.29, 1.82) is 0 Å². The van der Waals surface area contributed by atoms with Gasteiger partial charge in [0, 0.05) is 42.4 Å². The monoisotopic (exact) mass is 445 g/mol. The van der Waals surface area contributed by atoms with Crippen molar-refractivity contribution in [2.24, 2.45) is 0 Å². The van der Waals surface area contributed by atoms with Crippen LogP contribution in [0.25, 0.3) is 6.08 Å². The molecule has 2 aromatic carbocycles. The van der Waals surface area contributed by atoms with E-state index in [-0.39, 0.29) is 24.2 Å². The highest BCUT2D eigenvalue weighted by Gasteiger charge is 2.21. The third-order valence-electron chi connectivity index (χ3n) is 4.45. The number of carbonyl (C=O) groups excluding carboxylic acids is 2. The zero-order chi connectivity index (χ0) is 19.9. The summed E-state index contributed by atoms with van der Waals surface area (Å²) in [5.74, 6) is -0.524. The van der Waals surface area contributed by atoms with Gasteiger partial charge in [-0.2, -0.15) is 0 Å². The number of carbonyl (C=O) groups is 2. The van der Waals surface area contributed by atoms with Gasteiger partial charge in [-0.1, -0.05) is 28.1 Å². The minimum absolute atomic E-state index is 0.0320. The summed E-state index contributed by atoms with van der Waals surface area (Å²) in [6.07, 6.45) is 3.38. The third-order valence-corrected chi connectivity index (χ3v) is 4.94. The van der Waals surface area contributed by atoms with E-state index >= 15 is 0 Å². The number of hydrogen-bond acceptors (Lipinski definition) is 3. The van der Waals surface area contributed by atoms with Crippen LogP contribution in [0.3, 0.4) is 0 Å². The molecule has 0 spiro atoms. The van der Waals surface area contributed by atoms with E-state index in [0.29, 0.717) is 31.9 Å². The fraction of sp³-hybridized carbons (Fsp3) is 0.238. The van der Waals surface area contributed by atoms with Crippen LogP contribution in [0.1, 0.15) is 5.56 Å². The predicted molar refractivity (Wildman–Crippen MR) is 111 cm³/mol. The van der Waals surface area contributed by atoms with Gasteiger partial charge in [0.2, 0.25) is 11.8 Å². The summed E-state index contributed by atoms with van der Waals surface area (Å²) in [6.45, 7) is 2.66. The van der Waals surface area contributed by atoms with Crippen molar-refractivity contribution < 1.29 is 14.0 Å². The van der Waals surface area contributed by atoms with Gasteiger partial charge in [0.15, 0.2) is 0 Å². The molecule has 1 fully saturated rings. The van der Waals surface area contributed by atoms with Gasteiger partial charge in [-0.15, -0.1) is 0 Å². The van der Waals surface area contributed by atoms with E-state index in [1.165, 1.54) is 24.3 Å². The molecule has 2 amide bonds. The first-order valence-corrected chi connectivity index (χ1v) is 9.79. The molecule has 146 valence electrons. The standard InChI is InChI=1S/C21H21BrFN3O2/c22-17-3-1-2-16(14-17)4-9-21(28)26-12-10-25(11-13-26)15-20(27)24-19-7-5-18(23)6-8-19/h1-9,14H,10-13,15H2,(H,24,27). The lowest BCUT2D eigenvalue weighted by Crippen LogP contribution is -2.50. The predicted octanol–water partition coefficient (Wildman–Crippen LogP) is 3.38. The van der Waals surface area contributed by atoms with Gasteiger partial charge < -0.3 is 10.2 Å². The lowest BCUT2D eigenvalue weighted by Gasteiger charge is -2.33. The second kappa shape index (κ2) is 9.61. The Kier molecular flexibility index (Phi) is 6.95. The largest absolute Gasteiger partial charge is 0.337 e. The Morgan fingerprint density at radius 3 is 2.46 bits per heavy atom. The molecule has 1 heterocycles. The molecule has 1 aliphatic heterocycles. The minimum atomic E-state index is -0.340. The summed E-state index contributed by atoms with van der Waals surface area (Å²) in [5.41, 5.74) is 1.52. The van der Waals surface area contributed by atoms with Gasteiger partial charge in [0.25, 0.3) is 0 Å². The van der Waals surface area contributed by atoms with Crippen LogP contribution < -0.4 is 5.32 Å². The third kappa shape index (κ3) is 6.00. The highest BCUT2D eigenvalue weighted by molar-refractivity contribution is 9.10. The molecule has 2 aromatic rings. The maximum atomic E-state index is 12.9. The Balaban J connectivity index is 1.44. The fourth-order valence-electron chi connectivity index (χ4n) is 2.95. The smallest absolute Gasteiger partial charge is 0.246 e. The van der Waals surface area contributed by atoms with Crippen molar-refractivity contribution in [3.8, 4) is 0 Å². The first-order valence-electron chi connectivity index (χ1n) is 9.00. The minimum Gasteiger partial charge on any atom is -0.337 e. The molecule has 1 saturated heterocycles. The Labute approximate surface area is 172 Å². The molecule has 0 atom stereocenters. The number of halogens is 2. The molecular weight excluding hydrogens is 425 g/mol. The Morgan fingerprint density at radius 1 is 1.07 bits per heavy atom. The van der Waals surface area contributed by atoms with Crippen LogP contribution in [0.2, 0.25) is 0 Å². The summed E-state index contributed by atoms with van der Waals surface area (Å²) in [5, 5.41) is 2.75. The van der Waals surface area contributed by atoms with Crippen molar-refractivity contribution in [1.82, 2.24) is 9.80 Å². The molecule has 0 aromatic heterocycles. The van der Waals surface area contributed by atoms with E-state index in [1.807, 2.05) is 29.2 Å². The number of piperazine rings is 1. The number of nitrogens with one attached hydrogen (secondary N) is 1. The number of hydrogen-bond donors (Lipinski definition) is 1. The summed E-state index contributed by atoms with van der Waals surface area (Å²) in [7, 11) is 0. The SMILES string of the molecule is O=C(CN1CCN(C(=O)C=Cc2cccc(Br)c2)CC1)Nc1ccc(F)cc1. The zero-order valence-electron chi connectivity index (χ0n) is 15.3. The topological polar surface area (TPSA) is 52.7 Å². The average molecular weight is 446 g/mol. The van der Waals surface area contributed by atoms with Crippen LogP contribution in [0.4, 0.5) is 10.1 Å². The molecule has 1 N–H and O–H groups in total. The Morgan fingerprint density at radius 2 is 1.79 bits per heavy atom. The number of rotatable bonds is 5. The van der Waals surface area contributed by atoms with Crippen molar-refractivity contribution in [2.45, 2.75) is 0 Å². The molecule has 5 nitrogen and oxygen atoms in total. The first kappa shape index (κ1) is 20.2. The van der Waals surface area contributed by atoms with Crippen molar-refractivity contribution >= 4 is 39.5 Å². The molecule has 28 heavy (non-hydrogen) atoms. The quantitative estimate of drug-likeness (QED) is 0.717. The van der Waals surface area contributed by atoms with Gasteiger partial charge in [0.1, 0.15) is 5.82 Å². The van der Waals surface area contributed by atoms with Gasteiger partial charge in [-0.05, 0) is 48.0 Å². The van der Waals surface area contributed by atoms with Crippen LogP contribution >= 0.6 is 15.9 Å². The highest BCUT2D eigenvalue weighted by atomic mass is 79.9. The highest BCUT2D eigenvalue weighted by Crippen LogP contribution is 2.13. The van der Waals surface area contributed by atoms with Crippen LogP contribution in [-0.4, -0.2) is 54.3 Å². The number of nitrogens with zero attached hydrogens (tertiary/aromatic N) is 2. The molecule has 0 bridgehead atoms. The molecule has 0 unspecified atom stereocenters. The molecule has 7 heteroatoms. The van der Waals surface area contributed by atoms with Crippen LogP contribution in [0, 0.1) is 5.82 Å². The van der Waals surface area contributed by atoms with Crippen LogP contribution in [0.5, 0.6) is 0 Å². The number of benzene rings is 2. The van der Waals surface area contributed by atoms with Gasteiger partial charge in [-0.3, -0.25) is 14.5 Å². The molecule has 0 radical (unpaired) electrons. The van der Waals surface area contributed by atoms with Crippen LogP contribution in [-0.2, 0) is 9.59 Å². The maximum absolute atomic E-state index is 12.9. The first-order chi connectivity index (χ1) is 13.5. The van der Waals surface area contributed by atoms with E-state index in [0.717, 1.165) is 10.0 Å². The fourth-order valence-corrected chi connectivity index (χ4v) is 3.36. The van der Waals surface area contributed by atoms with E-state index in [1.54, 1.807) is 17.1 Å². The van der Waals surface area contributed by atoms with Crippen molar-refractivity contribution in [2.75, 3.05) is 38.0 Å². The van der Waals surface area contributed by atoms with E-state index < -0.39 is 0 Å². The maximum Gasteiger partial charge on any atom is 0.246 e. The van der Waals surface area contributed by atoms with Crippen molar-refractivity contribution in [3.63, 3.8) is 0 Å². The molecule has 3 rings (SSSR count). The molecule has 0 aliphatic carbocycles. The Bertz CT molecular complexity index is 862. The van der Waals surface area contributed by atoms with E-state index in [4.69, 9.17) is 0 Å². The van der Waals surface area contributed by atoms with E-state index in [9.17, 15) is 14.0 Å². The summed E-state index contributed by atoms with van der Waals surface area (Å²) in [4.78, 5) is 28.3. The molecule has 1 aliphatic rings. The van der Waals surface area contributed by atoms with Crippen molar-refractivity contribution in [3.05, 3.63) is 70.5 Å². The molecule has 0 saturated carbocycles. The van der Waals surface area contributed by atoms with Gasteiger partial charge in [-0.25, -0.2) is 4.39 Å². The summed E-state index contributed by atoms with van der Waals surface area (Å²) in [6, 6.07) is 13.4. The second-order valence-corrected chi connectivity index (χ2v) is 7.46. The summed E-state index contributed by atoms with van der Waals surface area (Å²) >= 11 is 3.41. The number of amides is 2. The molecular formula is C21H21BrFN3O2. The lowest BCUT2D eigenvalue weighted by molar-refractivity contribution is -0.127. The lowest BCUT2D eigenvalue weighted by atomic mass is 10.2. The zero-order valence-corrected chi connectivity index (χ0v) is 16.9. The van der Waals surface area contributed by atoms with E-state index in [2.05, 4.69) is 21.2 Å². The Hall–Kier alpha value is -2.51. The second-order valence-electron chi connectivity index (χ2n) is 6.54. The number of anilines is 1.